The highest BCUT2D eigenvalue weighted by Crippen LogP contribution is 2.20. The fourth-order valence-electron chi connectivity index (χ4n) is 2.93. The van der Waals surface area contributed by atoms with E-state index in [0.29, 0.717) is 11.3 Å². The van der Waals surface area contributed by atoms with Gasteiger partial charge in [-0.2, -0.15) is 5.26 Å². The van der Waals surface area contributed by atoms with E-state index in [1.807, 2.05) is 18.2 Å². The molecular formula is C16H23N3O. The van der Waals surface area contributed by atoms with Crippen molar-refractivity contribution in [3.05, 3.63) is 29.3 Å². The molecule has 0 amide bonds. The molecule has 1 heterocycles. The molecule has 108 valence electrons. The molecule has 0 radical (unpaired) electrons. The van der Waals surface area contributed by atoms with Gasteiger partial charge in [-0.1, -0.05) is 6.07 Å². The average Bonchev–Trinajstić information content (AvgIpc) is 2.83. The lowest BCUT2D eigenvalue weighted by Gasteiger charge is -2.21. The van der Waals surface area contributed by atoms with Crippen LogP contribution in [0.1, 0.15) is 17.5 Å². The van der Waals surface area contributed by atoms with Gasteiger partial charge in [-0.3, -0.25) is 0 Å². The molecule has 0 saturated carbocycles. The molecule has 0 bridgehead atoms. The molecule has 2 rings (SSSR count). The van der Waals surface area contributed by atoms with Crippen molar-refractivity contribution in [1.82, 2.24) is 9.80 Å². The molecule has 1 aromatic carbocycles. The lowest BCUT2D eigenvalue weighted by molar-refractivity contribution is 0.267. The third kappa shape index (κ3) is 3.72. The van der Waals surface area contributed by atoms with E-state index in [1.54, 1.807) is 7.11 Å². The predicted molar refractivity (Wildman–Crippen MR) is 79.6 cm³/mol. The van der Waals surface area contributed by atoms with Crippen molar-refractivity contribution >= 4 is 0 Å². The molecule has 1 atom stereocenters. The van der Waals surface area contributed by atoms with Crippen molar-refractivity contribution in [2.45, 2.75) is 13.0 Å². The molecule has 0 N–H and O–H groups in total. The van der Waals surface area contributed by atoms with Crippen molar-refractivity contribution in [1.29, 1.82) is 5.26 Å². The summed E-state index contributed by atoms with van der Waals surface area (Å²) in [6.07, 6.45) is 1.28. The second-order valence-corrected chi connectivity index (χ2v) is 5.76. The normalized spacial score (nSPS) is 19.2. The molecule has 20 heavy (non-hydrogen) atoms. The van der Waals surface area contributed by atoms with Gasteiger partial charge < -0.3 is 14.5 Å². The van der Waals surface area contributed by atoms with Gasteiger partial charge in [0.2, 0.25) is 0 Å². The summed E-state index contributed by atoms with van der Waals surface area (Å²) in [7, 11) is 5.93. The van der Waals surface area contributed by atoms with Crippen LogP contribution in [0.15, 0.2) is 18.2 Å². The van der Waals surface area contributed by atoms with Gasteiger partial charge in [0.1, 0.15) is 11.8 Å². The third-order valence-corrected chi connectivity index (χ3v) is 3.90. The maximum Gasteiger partial charge on any atom is 0.136 e. The number of ether oxygens (including phenoxy) is 1. The molecule has 1 aliphatic rings. The minimum atomic E-state index is 0.610. The maximum absolute atomic E-state index is 9.12. The smallest absolute Gasteiger partial charge is 0.136 e. The van der Waals surface area contributed by atoms with Gasteiger partial charge in [0, 0.05) is 19.6 Å². The summed E-state index contributed by atoms with van der Waals surface area (Å²) in [6, 6.07) is 8.03. The Bertz CT molecular complexity index is 495. The van der Waals surface area contributed by atoms with Gasteiger partial charge in [0.25, 0.3) is 0 Å². The SMILES string of the molecule is COc1ccc(CN(C)CC2CCN(C)C2)cc1C#N. The number of methoxy groups -OCH3 is 1. The van der Waals surface area contributed by atoms with E-state index in [1.165, 1.54) is 19.5 Å². The van der Waals surface area contributed by atoms with E-state index in [2.05, 4.69) is 30.0 Å². The van der Waals surface area contributed by atoms with Gasteiger partial charge in [-0.05, 0) is 50.7 Å². The first-order valence-electron chi connectivity index (χ1n) is 7.06. The fraction of sp³-hybridized carbons (Fsp3) is 0.562. The zero-order valence-corrected chi connectivity index (χ0v) is 12.6. The Kier molecular flexibility index (Phi) is 4.99. The summed E-state index contributed by atoms with van der Waals surface area (Å²) >= 11 is 0. The van der Waals surface area contributed by atoms with E-state index in [-0.39, 0.29) is 0 Å². The standard InChI is InChI=1S/C16H23N3O/c1-18-7-6-14(11-18)12-19(2)10-13-4-5-16(20-3)15(8-13)9-17/h4-5,8,14H,6-7,10-12H2,1-3H3. The molecule has 0 aliphatic carbocycles. The first kappa shape index (κ1) is 14.8. The molecule has 4 nitrogen and oxygen atoms in total. The predicted octanol–water partition coefficient (Wildman–Crippen LogP) is 1.95. The number of hydrogen-bond donors (Lipinski definition) is 0. The number of hydrogen-bond acceptors (Lipinski definition) is 4. The summed E-state index contributed by atoms with van der Waals surface area (Å²) < 4.78 is 5.17. The molecule has 1 unspecified atom stereocenters. The second-order valence-electron chi connectivity index (χ2n) is 5.76. The number of rotatable bonds is 5. The molecule has 1 aromatic rings. The van der Waals surface area contributed by atoms with Crippen LogP contribution in [0.25, 0.3) is 0 Å². The zero-order chi connectivity index (χ0) is 14.5. The monoisotopic (exact) mass is 273 g/mol. The average molecular weight is 273 g/mol. The molecule has 1 saturated heterocycles. The molecule has 1 fully saturated rings. The first-order valence-corrected chi connectivity index (χ1v) is 7.06. The van der Waals surface area contributed by atoms with Crippen LogP contribution in [0.3, 0.4) is 0 Å². The van der Waals surface area contributed by atoms with E-state index in [9.17, 15) is 0 Å². The Hall–Kier alpha value is -1.57. The van der Waals surface area contributed by atoms with Crippen LogP contribution in [-0.2, 0) is 6.54 Å². The molecular weight excluding hydrogens is 250 g/mol. The van der Waals surface area contributed by atoms with Gasteiger partial charge in [0.15, 0.2) is 0 Å². The fourth-order valence-corrected chi connectivity index (χ4v) is 2.93. The number of likely N-dealkylation sites (tertiary alicyclic amines) is 1. The van der Waals surface area contributed by atoms with Gasteiger partial charge in [-0.15, -0.1) is 0 Å². The summed E-state index contributed by atoms with van der Waals surface area (Å²) in [5.41, 5.74) is 1.77. The van der Waals surface area contributed by atoms with Gasteiger partial charge in [-0.25, -0.2) is 0 Å². The van der Waals surface area contributed by atoms with E-state index in [4.69, 9.17) is 10.00 Å². The highest BCUT2D eigenvalue weighted by molar-refractivity contribution is 5.45. The van der Waals surface area contributed by atoms with Crippen LogP contribution in [-0.4, -0.2) is 50.6 Å². The van der Waals surface area contributed by atoms with Crippen molar-refractivity contribution in [2.24, 2.45) is 5.92 Å². The zero-order valence-electron chi connectivity index (χ0n) is 12.6. The highest BCUT2D eigenvalue weighted by Gasteiger charge is 2.20. The van der Waals surface area contributed by atoms with E-state index in [0.717, 1.165) is 24.6 Å². The summed E-state index contributed by atoms with van der Waals surface area (Å²) in [5.74, 6) is 1.41. The summed E-state index contributed by atoms with van der Waals surface area (Å²) in [6.45, 7) is 4.38. The van der Waals surface area contributed by atoms with Crippen molar-refractivity contribution in [3.8, 4) is 11.8 Å². The minimum absolute atomic E-state index is 0.610. The van der Waals surface area contributed by atoms with E-state index >= 15 is 0 Å². The molecule has 0 spiro atoms. The van der Waals surface area contributed by atoms with Crippen molar-refractivity contribution in [3.63, 3.8) is 0 Å². The van der Waals surface area contributed by atoms with Crippen LogP contribution in [0.2, 0.25) is 0 Å². The topological polar surface area (TPSA) is 39.5 Å². The van der Waals surface area contributed by atoms with Crippen LogP contribution in [0, 0.1) is 17.2 Å². The Balaban J connectivity index is 1.94. The number of nitriles is 1. The Morgan fingerprint density at radius 1 is 1.50 bits per heavy atom. The summed E-state index contributed by atoms with van der Waals surface area (Å²) in [5, 5.41) is 9.12. The molecule has 4 heteroatoms. The number of benzene rings is 1. The lowest BCUT2D eigenvalue weighted by atomic mass is 10.1. The molecule has 0 aromatic heterocycles. The number of nitrogens with zero attached hydrogens (tertiary/aromatic N) is 3. The first-order chi connectivity index (χ1) is 9.62. The highest BCUT2D eigenvalue weighted by atomic mass is 16.5. The second kappa shape index (κ2) is 6.74. The summed E-state index contributed by atoms with van der Waals surface area (Å²) in [4.78, 5) is 4.73. The Morgan fingerprint density at radius 3 is 2.90 bits per heavy atom. The third-order valence-electron chi connectivity index (χ3n) is 3.90. The van der Waals surface area contributed by atoms with Gasteiger partial charge in [0.05, 0.1) is 12.7 Å². The Morgan fingerprint density at radius 2 is 2.30 bits per heavy atom. The van der Waals surface area contributed by atoms with Crippen LogP contribution in [0.5, 0.6) is 5.75 Å². The lowest BCUT2D eigenvalue weighted by Crippen LogP contribution is -2.27. The molecule has 1 aliphatic heterocycles. The van der Waals surface area contributed by atoms with Crippen LogP contribution >= 0.6 is 0 Å². The maximum atomic E-state index is 9.12. The van der Waals surface area contributed by atoms with E-state index < -0.39 is 0 Å². The minimum Gasteiger partial charge on any atom is -0.495 e. The quantitative estimate of drug-likeness (QED) is 0.822. The van der Waals surface area contributed by atoms with Crippen LogP contribution < -0.4 is 4.74 Å². The van der Waals surface area contributed by atoms with Gasteiger partial charge >= 0.3 is 0 Å². The Labute approximate surface area is 121 Å². The largest absolute Gasteiger partial charge is 0.495 e. The van der Waals surface area contributed by atoms with Crippen molar-refractivity contribution < 1.29 is 4.74 Å². The van der Waals surface area contributed by atoms with Crippen LogP contribution in [0.4, 0.5) is 0 Å². The van der Waals surface area contributed by atoms with Crippen molar-refractivity contribution in [2.75, 3.05) is 40.8 Å².